The zero-order chi connectivity index (χ0) is 55.0. The monoisotopic (exact) mass is 1060 g/mol. The lowest BCUT2D eigenvalue weighted by Crippen LogP contribution is -2.65. The van der Waals surface area contributed by atoms with Crippen molar-refractivity contribution in [1.82, 2.24) is 0 Å². The molecule has 0 aromatic heterocycles. The fourth-order valence-corrected chi connectivity index (χ4v) is 8.29. The smallest absolute Gasteiger partial charge is 0.338 e. The number of hydrogen-bond acceptors (Lipinski definition) is 19. The number of esters is 7. The van der Waals surface area contributed by atoms with Crippen LogP contribution in [-0.4, -0.2) is 127 Å². The lowest BCUT2D eigenvalue weighted by molar-refractivity contribution is -0.323. The maximum Gasteiger partial charge on any atom is 0.338 e. The molecule has 19 nitrogen and oxygen atoms in total. The van der Waals surface area contributed by atoms with E-state index in [-0.39, 0.29) is 52.0 Å². The van der Waals surface area contributed by atoms with Crippen molar-refractivity contribution in [3.8, 4) is 0 Å². The quantitative estimate of drug-likeness (QED) is 0.0616. The van der Waals surface area contributed by atoms with Crippen LogP contribution in [0.1, 0.15) is 81.9 Å². The number of rotatable bonds is 20. The molecule has 1 N–H and O–H groups in total. The van der Waals surface area contributed by atoms with E-state index in [2.05, 4.69) is 0 Å². The Morgan fingerprint density at radius 2 is 0.667 bits per heavy atom. The molecule has 19 heteroatoms. The van der Waals surface area contributed by atoms with Gasteiger partial charge in [-0.05, 0) is 79.7 Å². The molecule has 0 saturated carbocycles. The summed E-state index contributed by atoms with van der Waals surface area (Å²) in [5.41, 5.74) is 0.158. The molecule has 2 aliphatic rings. The van der Waals surface area contributed by atoms with Gasteiger partial charge in [-0.25, -0.2) is 28.8 Å². The van der Waals surface area contributed by atoms with Crippen LogP contribution < -0.4 is 0 Å². The predicted octanol–water partition coefficient (Wildman–Crippen LogP) is 6.71. The molecule has 10 atom stereocenters. The molecule has 0 spiro atoms. The molecule has 0 amide bonds. The molecule has 2 aliphatic heterocycles. The summed E-state index contributed by atoms with van der Waals surface area (Å²) in [6, 6.07) is 46.0. The topological polar surface area (TPSA) is 249 Å². The minimum atomic E-state index is -2.13. The third-order valence-corrected chi connectivity index (χ3v) is 12.2. The fraction of sp³-hybridized carbons (Fsp3) is 0.254. The van der Waals surface area contributed by atoms with Crippen LogP contribution in [0.4, 0.5) is 0 Å². The van der Waals surface area contributed by atoms with E-state index in [4.69, 9.17) is 47.4 Å². The van der Waals surface area contributed by atoms with Crippen molar-refractivity contribution >= 4 is 47.6 Å². The van der Waals surface area contributed by atoms with Gasteiger partial charge < -0.3 is 57.3 Å². The highest BCUT2D eigenvalue weighted by atomic mass is 16.7. The second kappa shape index (κ2) is 26.7. The van der Waals surface area contributed by atoms with E-state index in [1.165, 1.54) is 79.7 Å². The lowest BCUT2D eigenvalue weighted by Gasteiger charge is -2.46. The van der Waals surface area contributed by atoms with Crippen molar-refractivity contribution in [2.24, 2.45) is 0 Å². The molecule has 2 heterocycles. The Kier molecular flexibility index (Phi) is 19.0. The number of carbonyl (C=O) groups is 8. The second-order valence-electron chi connectivity index (χ2n) is 17.7. The average Bonchev–Trinajstić information content (AvgIpc) is 3.47. The van der Waals surface area contributed by atoms with Crippen molar-refractivity contribution in [3.63, 3.8) is 0 Å². The Morgan fingerprint density at radius 3 is 1.01 bits per heavy atom. The van der Waals surface area contributed by atoms with E-state index in [1.807, 2.05) is 0 Å². The van der Waals surface area contributed by atoms with Gasteiger partial charge in [-0.1, -0.05) is 109 Å². The first-order chi connectivity index (χ1) is 37.8. The van der Waals surface area contributed by atoms with Gasteiger partial charge in [-0.15, -0.1) is 0 Å². The van der Waals surface area contributed by atoms with Gasteiger partial charge in [0.2, 0.25) is 0 Å². The van der Waals surface area contributed by atoms with Gasteiger partial charge in [0.05, 0.1) is 46.4 Å². The van der Waals surface area contributed by atoms with Gasteiger partial charge in [-0.3, -0.25) is 4.79 Å². The van der Waals surface area contributed by atoms with Crippen molar-refractivity contribution in [3.05, 3.63) is 215 Å². The van der Waals surface area contributed by atoms with Crippen LogP contribution in [0.15, 0.2) is 182 Å². The van der Waals surface area contributed by atoms with E-state index < -0.39 is 116 Å². The number of Topliss-reactive ketones (excluding diaryl/α,β-unsaturated/α-hetero) is 1. The first-order valence-electron chi connectivity index (χ1n) is 24.6. The van der Waals surface area contributed by atoms with Crippen molar-refractivity contribution in [2.75, 3.05) is 13.2 Å². The van der Waals surface area contributed by atoms with Gasteiger partial charge in [0, 0.05) is 6.42 Å². The van der Waals surface area contributed by atoms with E-state index in [0.717, 1.165) is 0 Å². The van der Waals surface area contributed by atoms with Crippen molar-refractivity contribution in [1.29, 1.82) is 0 Å². The Bertz CT molecular complexity index is 3000. The van der Waals surface area contributed by atoms with Gasteiger partial charge in [-0.2, -0.15) is 0 Å². The third kappa shape index (κ3) is 14.5. The molecule has 0 aliphatic carbocycles. The molecule has 2 fully saturated rings. The molecule has 8 rings (SSSR count). The summed E-state index contributed by atoms with van der Waals surface area (Å²) >= 11 is 0. The summed E-state index contributed by atoms with van der Waals surface area (Å²) < 4.78 is 60.8. The summed E-state index contributed by atoms with van der Waals surface area (Å²) in [5, 5.41) is 11.8. The number of aliphatic hydroxyl groups excluding tert-OH is 1. The van der Waals surface area contributed by atoms with Crippen LogP contribution in [0.2, 0.25) is 0 Å². The molecule has 6 aromatic rings. The minimum Gasteiger partial charge on any atom is -0.463 e. The number of aliphatic hydroxyl groups is 1. The Morgan fingerprint density at radius 1 is 0.372 bits per heavy atom. The zero-order valence-corrected chi connectivity index (χ0v) is 41.7. The van der Waals surface area contributed by atoms with Crippen molar-refractivity contribution in [2.45, 2.75) is 81.2 Å². The molecule has 6 aromatic carbocycles. The molecule has 2 saturated heterocycles. The lowest BCUT2D eigenvalue weighted by atomic mass is 9.96. The van der Waals surface area contributed by atoms with Crippen LogP contribution in [0.5, 0.6) is 0 Å². The number of carbonyl (C=O) groups excluding carboxylic acids is 8. The highest BCUT2D eigenvalue weighted by molar-refractivity contribution is 5.93. The fourth-order valence-electron chi connectivity index (χ4n) is 8.29. The molecule has 0 bridgehead atoms. The molecule has 78 heavy (non-hydrogen) atoms. The third-order valence-electron chi connectivity index (χ3n) is 12.2. The van der Waals surface area contributed by atoms with E-state index >= 15 is 0 Å². The summed E-state index contributed by atoms with van der Waals surface area (Å²) in [4.78, 5) is 109. The Labute approximate surface area is 446 Å². The average molecular weight is 1070 g/mol. The zero-order valence-electron chi connectivity index (χ0n) is 41.7. The van der Waals surface area contributed by atoms with Gasteiger partial charge >= 0.3 is 41.8 Å². The molecular formula is C59H52O19. The van der Waals surface area contributed by atoms with E-state index in [9.17, 15) is 43.5 Å². The first-order valence-corrected chi connectivity index (χ1v) is 24.6. The molecular weight excluding hydrogens is 1010 g/mol. The van der Waals surface area contributed by atoms with E-state index in [1.54, 1.807) is 109 Å². The first kappa shape index (κ1) is 55.4. The largest absolute Gasteiger partial charge is 0.463 e. The van der Waals surface area contributed by atoms with Crippen LogP contribution >= 0.6 is 0 Å². The highest BCUT2D eigenvalue weighted by Gasteiger charge is 2.56. The Balaban J connectivity index is 1.20. The van der Waals surface area contributed by atoms with Crippen LogP contribution in [0, 0.1) is 0 Å². The second-order valence-corrected chi connectivity index (χ2v) is 17.7. The van der Waals surface area contributed by atoms with Gasteiger partial charge in [0.25, 0.3) is 0 Å². The minimum absolute atomic E-state index is 0.00883. The predicted molar refractivity (Wildman–Crippen MR) is 270 cm³/mol. The number of ether oxygens (including phenoxy) is 10. The van der Waals surface area contributed by atoms with E-state index in [0.29, 0.717) is 0 Å². The van der Waals surface area contributed by atoms with Crippen LogP contribution in [-0.2, 0) is 57.0 Å². The van der Waals surface area contributed by atoms with Gasteiger partial charge in [0.1, 0.15) is 24.6 Å². The SMILES string of the molecule is CC(=O)CCC(=O)OC[C@H]1O[C@@H](OC[C@H]2OC(O)[C@H](OC(=O)c3ccccc3)[C@@H](OC(=O)c3ccccc3)[C@H]2OC(=O)c2ccccc2)[C@H](OC(=O)c2ccccc2)[C@@H](OC(=O)c2ccccc2)[C@H]1OC(=O)c1ccccc1. The summed E-state index contributed by atoms with van der Waals surface area (Å²) in [6.07, 6.45) is -18.9. The summed E-state index contributed by atoms with van der Waals surface area (Å²) in [5.74, 6) is -7.07. The van der Waals surface area contributed by atoms with Crippen molar-refractivity contribution < 1.29 is 90.8 Å². The van der Waals surface area contributed by atoms with Crippen LogP contribution in [0.3, 0.4) is 0 Å². The molecule has 1 unspecified atom stereocenters. The normalized spacial score (nSPS) is 22.5. The van der Waals surface area contributed by atoms with Gasteiger partial charge in [0.15, 0.2) is 49.2 Å². The maximum atomic E-state index is 14.2. The highest BCUT2D eigenvalue weighted by Crippen LogP contribution is 2.35. The number of benzene rings is 6. The molecule has 0 radical (unpaired) electrons. The number of ketones is 1. The van der Waals surface area contributed by atoms with Crippen LogP contribution in [0.25, 0.3) is 0 Å². The summed E-state index contributed by atoms with van der Waals surface area (Å²) in [7, 11) is 0. The molecule has 402 valence electrons. The number of hydrogen-bond donors (Lipinski definition) is 1. The Hall–Kier alpha value is -8.88. The standard InChI is InChI=1S/C59H52O19/c1-36(60)32-33-45(61)69-34-44-47(74-53(63)38-22-10-3-11-23-38)49(76-55(65)40-26-14-5-15-27-40)51(78-57(67)42-30-18-7-19-31-42)59(72-44)70-35-43-46(73-52(62)37-20-8-2-9-21-37)48(75-54(64)39-24-12-4-13-25-39)50(58(68)71-43)77-56(66)41-28-16-6-17-29-41/h2-31,43-44,46-51,58-59,68H,32-35H2,1H3/t43-,44-,46+,47+,48+,49+,50-,51-,58?,59-/m1/s1. The summed E-state index contributed by atoms with van der Waals surface area (Å²) in [6.45, 7) is -0.272. The maximum absolute atomic E-state index is 14.2.